The normalized spacial score (nSPS) is 20.8. The number of hydrogen-bond acceptors (Lipinski definition) is 8. The van der Waals surface area contributed by atoms with E-state index in [0.717, 1.165) is 44.9 Å². The van der Waals surface area contributed by atoms with E-state index in [0.29, 0.717) is 12.8 Å². The fourth-order valence-electron chi connectivity index (χ4n) is 7.97. The summed E-state index contributed by atoms with van der Waals surface area (Å²) in [6, 6.07) is -0.734. The third-order valence-electron chi connectivity index (χ3n) is 12.0. The van der Waals surface area contributed by atoms with E-state index in [1.807, 2.05) is 0 Å². The van der Waals surface area contributed by atoms with Crippen LogP contribution in [-0.4, -0.2) is 87.5 Å². The van der Waals surface area contributed by atoms with Crippen LogP contribution in [-0.2, 0) is 14.3 Å². The Morgan fingerprint density at radius 1 is 0.559 bits per heavy atom. The van der Waals surface area contributed by atoms with Gasteiger partial charge in [-0.2, -0.15) is 0 Å². The van der Waals surface area contributed by atoms with Gasteiger partial charge in [0.05, 0.1) is 25.4 Å². The van der Waals surface area contributed by atoms with Crippen molar-refractivity contribution in [3.8, 4) is 0 Å². The second-order valence-corrected chi connectivity index (χ2v) is 17.6. The SMILES string of the molecule is CCCCCCCC/C=C/CCCCCCCCCCCC(=O)N[C@@H](CO[C@H]1O[C@@H](CO)[C@H](O)C(O)C1O)[C@H](O)CCCC/C=C/CCCCCCCCCCCCC. The zero-order valence-corrected chi connectivity index (χ0v) is 38.3. The first-order valence-corrected chi connectivity index (χ1v) is 25.0. The van der Waals surface area contributed by atoms with Crippen molar-refractivity contribution in [3.63, 3.8) is 0 Å². The van der Waals surface area contributed by atoms with Crippen LogP contribution in [0.2, 0.25) is 0 Å². The van der Waals surface area contributed by atoms with Crippen LogP contribution >= 0.6 is 0 Å². The molecule has 1 saturated heterocycles. The van der Waals surface area contributed by atoms with Gasteiger partial charge < -0.3 is 40.3 Å². The Labute approximate surface area is 362 Å². The summed E-state index contributed by atoms with van der Waals surface area (Å²) in [6.07, 6.45) is 41.9. The first-order chi connectivity index (χ1) is 28.8. The number of aliphatic hydroxyl groups is 5. The van der Waals surface area contributed by atoms with Crippen molar-refractivity contribution in [3.05, 3.63) is 24.3 Å². The predicted octanol–water partition coefficient (Wildman–Crippen LogP) is 11.1. The summed E-state index contributed by atoms with van der Waals surface area (Å²) >= 11 is 0. The van der Waals surface area contributed by atoms with Crippen molar-refractivity contribution in [1.82, 2.24) is 5.32 Å². The smallest absolute Gasteiger partial charge is 0.220 e. The molecule has 0 spiro atoms. The molecule has 0 aromatic carbocycles. The third kappa shape index (κ3) is 31.2. The van der Waals surface area contributed by atoms with E-state index in [4.69, 9.17) is 9.47 Å². The Kier molecular flexibility index (Phi) is 38.4. The van der Waals surface area contributed by atoms with Gasteiger partial charge in [-0.05, 0) is 64.2 Å². The van der Waals surface area contributed by atoms with Crippen molar-refractivity contribution < 1.29 is 39.8 Å². The summed E-state index contributed by atoms with van der Waals surface area (Å²) < 4.78 is 11.3. The van der Waals surface area contributed by atoms with E-state index in [2.05, 4.69) is 43.5 Å². The van der Waals surface area contributed by atoms with Crippen molar-refractivity contribution >= 4 is 5.91 Å². The number of carbonyl (C=O) groups is 1. The molecule has 0 aromatic rings. The summed E-state index contributed by atoms with van der Waals surface area (Å²) in [5.74, 6) is -0.155. The molecule has 59 heavy (non-hydrogen) atoms. The highest BCUT2D eigenvalue weighted by Gasteiger charge is 2.44. The second kappa shape index (κ2) is 40.7. The average Bonchev–Trinajstić information content (AvgIpc) is 3.23. The summed E-state index contributed by atoms with van der Waals surface area (Å²) in [6.45, 7) is 3.83. The van der Waals surface area contributed by atoms with Crippen molar-refractivity contribution in [2.24, 2.45) is 0 Å². The number of allylic oxidation sites excluding steroid dienone is 4. The van der Waals surface area contributed by atoms with Crippen LogP contribution in [0.5, 0.6) is 0 Å². The maximum absolute atomic E-state index is 13.0. The monoisotopic (exact) mass is 838 g/mol. The molecule has 9 heteroatoms. The summed E-state index contributed by atoms with van der Waals surface area (Å²) in [5, 5.41) is 54.4. The number of rotatable bonds is 42. The van der Waals surface area contributed by atoms with E-state index in [9.17, 15) is 30.3 Å². The molecule has 1 heterocycles. The molecule has 0 radical (unpaired) electrons. The lowest BCUT2D eigenvalue weighted by Crippen LogP contribution is -2.60. The second-order valence-electron chi connectivity index (χ2n) is 17.6. The molecule has 0 aliphatic carbocycles. The number of carbonyl (C=O) groups excluding carboxylic acids is 1. The highest BCUT2D eigenvalue weighted by atomic mass is 16.7. The molecule has 348 valence electrons. The lowest BCUT2D eigenvalue weighted by molar-refractivity contribution is -0.302. The van der Waals surface area contributed by atoms with Gasteiger partial charge in [-0.3, -0.25) is 4.79 Å². The van der Waals surface area contributed by atoms with Crippen LogP contribution in [0.3, 0.4) is 0 Å². The molecular formula is C50H95NO8. The molecular weight excluding hydrogens is 743 g/mol. The van der Waals surface area contributed by atoms with Gasteiger partial charge in [0, 0.05) is 6.42 Å². The lowest BCUT2D eigenvalue weighted by atomic mass is 9.99. The number of unbranched alkanes of at least 4 members (excludes halogenated alkanes) is 28. The average molecular weight is 838 g/mol. The summed E-state index contributed by atoms with van der Waals surface area (Å²) in [7, 11) is 0. The van der Waals surface area contributed by atoms with Crippen molar-refractivity contribution in [1.29, 1.82) is 0 Å². The molecule has 1 aliphatic heterocycles. The van der Waals surface area contributed by atoms with Gasteiger partial charge in [0.15, 0.2) is 6.29 Å². The maximum atomic E-state index is 13.0. The van der Waals surface area contributed by atoms with Crippen LogP contribution in [0.25, 0.3) is 0 Å². The molecule has 0 bridgehead atoms. The minimum Gasteiger partial charge on any atom is -0.394 e. The molecule has 1 fully saturated rings. The minimum absolute atomic E-state index is 0.149. The van der Waals surface area contributed by atoms with Crippen LogP contribution in [0.1, 0.15) is 232 Å². The molecule has 0 aromatic heterocycles. The van der Waals surface area contributed by atoms with Crippen LogP contribution in [0.4, 0.5) is 0 Å². The first kappa shape index (κ1) is 55.7. The molecule has 9 nitrogen and oxygen atoms in total. The Hall–Kier alpha value is -1.33. The van der Waals surface area contributed by atoms with Gasteiger partial charge in [-0.15, -0.1) is 0 Å². The van der Waals surface area contributed by atoms with Crippen LogP contribution < -0.4 is 5.32 Å². The molecule has 1 rings (SSSR count). The quantitative estimate of drug-likeness (QED) is 0.0263. The Morgan fingerprint density at radius 3 is 1.37 bits per heavy atom. The molecule has 2 unspecified atom stereocenters. The number of nitrogens with one attached hydrogen (secondary N) is 1. The number of ether oxygens (including phenoxy) is 2. The maximum Gasteiger partial charge on any atom is 0.220 e. The van der Waals surface area contributed by atoms with Gasteiger partial charge in [-0.25, -0.2) is 0 Å². The number of amides is 1. The van der Waals surface area contributed by atoms with E-state index in [-0.39, 0.29) is 12.5 Å². The van der Waals surface area contributed by atoms with Gasteiger partial charge in [0.1, 0.15) is 24.4 Å². The third-order valence-corrected chi connectivity index (χ3v) is 12.0. The zero-order valence-electron chi connectivity index (χ0n) is 38.3. The molecule has 1 amide bonds. The fraction of sp³-hybridized carbons (Fsp3) is 0.900. The van der Waals surface area contributed by atoms with Gasteiger partial charge in [0.2, 0.25) is 5.91 Å². The lowest BCUT2D eigenvalue weighted by Gasteiger charge is -2.40. The highest BCUT2D eigenvalue weighted by Crippen LogP contribution is 2.23. The largest absolute Gasteiger partial charge is 0.394 e. The van der Waals surface area contributed by atoms with E-state index >= 15 is 0 Å². The van der Waals surface area contributed by atoms with Crippen molar-refractivity contribution in [2.75, 3.05) is 13.2 Å². The standard InChI is InChI=1S/C50H95NO8/c1-3-5-7-9-11-13-15-17-19-21-22-24-26-28-30-32-34-36-38-40-46(54)51-43(42-58-50-49(57)48(56)47(55)45(41-52)59-50)44(53)39-37-35-33-31-29-27-25-23-20-18-16-14-12-10-8-6-4-2/h17,19,29,31,43-45,47-50,52-53,55-57H,3-16,18,20-28,30,32-42H2,1-2H3,(H,51,54)/b19-17+,31-29+/t43-,44+,45-,47-,48?,49?,50-/m0/s1. The number of hydrogen-bond donors (Lipinski definition) is 6. The summed E-state index contributed by atoms with van der Waals surface area (Å²) in [4.78, 5) is 13.0. The molecule has 1 aliphatic rings. The molecule has 0 saturated carbocycles. The molecule has 7 atom stereocenters. The van der Waals surface area contributed by atoms with E-state index < -0.39 is 49.5 Å². The van der Waals surface area contributed by atoms with E-state index in [1.54, 1.807) is 0 Å². The van der Waals surface area contributed by atoms with Crippen LogP contribution in [0.15, 0.2) is 24.3 Å². The predicted molar refractivity (Wildman–Crippen MR) is 244 cm³/mol. The fourth-order valence-corrected chi connectivity index (χ4v) is 7.97. The highest BCUT2D eigenvalue weighted by molar-refractivity contribution is 5.76. The first-order valence-electron chi connectivity index (χ1n) is 25.0. The van der Waals surface area contributed by atoms with E-state index in [1.165, 1.54) is 161 Å². The topological polar surface area (TPSA) is 149 Å². The van der Waals surface area contributed by atoms with Gasteiger partial charge in [0.25, 0.3) is 0 Å². The zero-order chi connectivity index (χ0) is 43.0. The van der Waals surface area contributed by atoms with Crippen LogP contribution in [0, 0.1) is 0 Å². The Bertz CT molecular complexity index is 977. The minimum atomic E-state index is -1.56. The van der Waals surface area contributed by atoms with Crippen molar-refractivity contribution in [2.45, 2.75) is 275 Å². The summed E-state index contributed by atoms with van der Waals surface area (Å²) in [5.41, 5.74) is 0. The van der Waals surface area contributed by atoms with Gasteiger partial charge in [-0.1, -0.05) is 186 Å². The van der Waals surface area contributed by atoms with Gasteiger partial charge >= 0.3 is 0 Å². The number of aliphatic hydroxyl groups excluding tert-OH is 5. The molecule has 6 N–H and O–H groups in total. The Morgan fingerprint density at radius 2 is 0.949 bits per heavy atom. The Balaban J connectivity index is 2.30.